The van der Waals surface area contributed by atoms with Gasteiger partial charge in [0.05, 0.1) is 0 Å². The van der Waals surface area contributed by atoms with Gasteiger partial charge >= 0.3 is 0 Å². The van der Waals surface area contributed by atoms with Crippen LogP contribution in [0.5, 0.6) is 5.75 Å². The lowest BCUT2D eigenvalue weighted by Crippen LogP contribution is -2.54. The molecule has 8 heteroatoms. The van der Waals surface area contributed by atoms with Gasteiger partial charge in [0.15, 0.2) is 0 Å². The van der Waals surface area contributed by atoms with E-state index in [0.717, 1.165) is 30.6 Å². The summed E-state index contributed by atoms with van der Waals surface area (Å²) in [6.07, 6.45) is 5.33. The molecule has 4 atom stereocenters. The van der Waals surface area contributed by atoms with E-state index in [9.17, 15) is 4.79 Å². The number of nitrogens with zero attached hydrogens (tertiary/aromatic N) is 3. The molecule has 1 saturated carbocycles. The number of hydrogen-bond donors (Lipinski definition) is 2. The van der Waals surface area contributed by atoms with Gasteiger partial charge in [-0.3, -0.25) is 4.79 Å². The standard InChI is InChI=1S/C23H27N5O3/c1-13(2)14-3-5-19-16(9-14)23(11-30-22(24)28-23)17-10-15(4-6-20(17)31-19)27-21(29)18-7-8-25-12-26-18/h3,5,7-9,12-13,15,17,20H,4,6,10-11H2,1-2H3,(H2,24,28)(H,27,29). The number of hydrogen-bond acceptors (Lipinski definition) is 7. The van der Waals surface area contributed by atoms with Gasteiger partial charge in [-0.05, 0) is 48.9 Å². The number of nitrogens with one attached hydrogen (secondary N) is 1. The predicted molar refractivity (Wildman–Crippen MR) is 115 cm³/mol. The summed E-state index contributed by atoms with van der Waals surface area (Å²) in [5.41, 5.74) is 8.04. The van der Waals surface area contributed by atoms with Gasteiger partial charge in [-0.1, -0.05) is 19.9 Å². The molecule has 1 amide bonds. The first-order valence-corrected chi connectivity index (χ1v) is 10.8. The minimum atomic E-state index is -0.592. The molecule has 3 N–H and O–H groups in total. The normalized spacial score (nSPS) is 28.9. The van der Waals surface area contributed by atoms with Crippen LogP contribution < -0.4 is 15.8 Å². The Morgan fingerprint density at radius 3 is 2.87 bits per heavy atom. The highest BCUT2D eigenvalue weighted by atomic mass is 16.5. The summed E-state index contributed by atoms with van der Waals surface area (Å²) in [6, 6.07) is 8.18. The second kappa shape index (κ2) is 7.51. The first kappa shape index (κ1) is 19.8. The van der Waals surface area contributed by atoms with Crippen molar-refractivity contribution in [1.29, 1.82) is 0 Å². The zero-order chi connectivity index (χ0) is 21.6. The maximum Gasteiger partial charge on any atom is 0.283 e. The Bertz CT molecular complexity index is 1030. The molecule has 4 unspecified atom stereocenters. The maximum atomic E-state index is 12.7. The fraction of sp³-hybridized carbons (Fsp3) is 0.478. The Balaban J connectivity index is 1.46. The van der Waals surface area contributed by atoms with Gasteiger partial charge in [-0.25, -0.2) is 15.0 Å². The van der Waals surface area contributed by atoms with Crippen molar-refractivity contribution in [3.63, 3.8) is 0 Å². The van der Waals surface area contributed by atoms with Crippen LogP contribution >= 0.6 is 0 Å². The Morgan fingerprint density at radius 1 is 1.29 bits per heavy atom. The lowest BCUT2D eigenvalue weighted by atomic mass is 9.67. The van der Waals surface area contributed by atoms with E-state index in [0.29, 0.717) is 18.2 Å². The molecule has 1 aromatic carbocycles. The SMILES string of the molecule is CC(C)c1ccc2c(c1)C1(COC(N)=N1)C1CC(NC(=O)c3ccncn3)CCC1O2. The van der Waals surface area contributed by atoms with Crippen LogP contribution in [0.4, 0.5) is 0 Å². The molecule has 162 valence electrons. The van der Waals surface area contributed by atoms with Gasteiger partial charge in [0.2, 0.25) is 0 Å². The van der Waals surface area contributed by atoms with Crippen molar-refractivity contribution in [2.24, 2.45) is 16.6 Å². The van der Waals surface area contributed by atoms with Crippen molar-refractivity contribution in [3.05, 3.63) is 53.6 Å². The van der Waals surface area contributed by atoms with E-state index in [-0.39, 0.29) is 30.0 Å². The second-order valence-electron chi connectivity index (χ2n) is 8.91. The lowest BCUT2D eigenvalue weighted by Gasteiger charge is -2.48. The number of ether oxygens (including phenoxy) is 2. The van der Waals surface area contributed by atoms with Crippen LogP contribution in [0.1, 0.15) is 60.6 Å². The third-order valence-corrected chi connectivity index (χ3v) is 6.71. The van der Waals surface area contributed by atoms with Crippen LogP contribution in [-0.2, 0) is 10.3 Å². The highest BCUT2D eigenvalue weighted by Crippen LogP contribution is 2.52. The summed E-state index contributed by atoms with van der Waals surface area (Å²) in [5, 5.41) is 3.13. The number of rotatable bonds is 3. The molecule has 1 spiro atoms. The lowest BCUT2D eigenvalue weighted by molar-refractivity contribution is -0.00197. The predicted octanol–water partition coefficient (Wildman–Crippen LogP) is 2.50. The van der Waals surface area contributed by atoms with Gasteiger partial charge in [-0.2, -0.15) is 0 Å². The van der Waals surface area contributed by atoms with Gasteiger partial charge in [-0.15, -0.1) is 0 Å². The summed E-state index contributed by atoms with van der Waals surface area (Å²) in [7, 11) is 0. The topological polar surface area (TPSA) is 112 Å². The average Bonchev–Trinajstić information content (AvgIpc) is 3.17. The van der Waals surface area contributed by atoms with Crippen LogP contribution in [0.25, 0.3) is 0 Å². The van der Waals surface area contributed by atoms with Crippen LogP contribution in [-0.4, -0.2) is 40.6 Å². The average molecular weight is 422 g/mol. The van der Waals surface area contributed by atoms with E-state index < -0.39 is 5.54 Å². The Kier molecular flexibility index (Phi) is 4.79. The molecular weight excluding hydrogens is 394 g/mol. The minimum Gasteiger partial charge on any atom is -0.490 e. The number of aliphatic imine (C=N–C) groups is 1. The maximum absolute atomic E-state index is 12.7. The fourth-order valence-corrected chi connectivity index (χ4v) is 5.09. The summed E-state index contributed by atoms with van der Waals surface area (Å²) in [6.45, 7) is 4.73. The van der Waals surface area contributed by atoms with Gasteiger partial charge < -0.3 is 20.5 Å². The summed E-state index contributed by atoms with van der Waals surface area (Å²) in [4.78, 5) is 25.4. The molecule has 2 aliphatic heterocycles. The van der Waals surface area contributed by atoms with Crippen molar-refractivity contribution in [2.45, 2.75) is 56.7 Å². The van der Waals surface area contributed by atoms with E-state index in [4.69, 9.17) is 20.2 Å². The quantitative estimate of drug-likeness (QED) is 0.788. The van der Waals surface area contributed by atoms with Crippen molar-refractivity contribution < 1.29 is 14.3 Å². The number of nitrogens with two attached hydrogens (primary N) is 1. The summed E-state index contributed by atoms with van der Waals surface area (Å²) < 4.78 is 12.1. The molecule has 3 heterocycles. The molecule has 0 saturated heterocycles. The number of benzene rings is 1. The highest BCUT2D eigenvalue weighted by molar-refractivity contribution is 5.92. The summed E-state index contributed by atoms with van der Waals surface area (Å²) in [5.74, 6) is 1.10. The van der Waals surface area contributed by atoms with E-state index in [1.54, 1.807) is 12.3 Å². The van der Waals surface area contributed by atoms with Gasteiger partial charge in [0.1, 0.15) is 36.0 Å². The van der Waals surface area contributed by atoms with Crippen LogP contribution in [0.15, 0.2) is 41.8 Å². The second-order valence-corrected chi connectivity index (χ2v) is 8.91. The Hall–Kier alpha value is -3.16. The molecule has 31 heavy (non-hydrogen) atoms. The molecule has 3 aliphatic rings. The highest BCUT2D eigenvalue weighted by Gasteiger charge is 2.55. The van der Waals surface area contributed by atoms with Crippen molar-refractivity contribution >= 4 is 11.9 Å². The number of aromatic nitrogens is 2. The molecule has 2 aromatic rings. The molecular formula is C23H27N5O3. The van der Waals surface area contributed by atoms with Crippen molar-refractivity contribution in [1.82, 2.24) is 15.3 Å². The number of fused-ring (bicyclic) bond motifs is 4. The van der Waals surface area contributed by atoms with E-state index in [1.165, 1.54) is 11.9 Å². The first-order chi connectivity index (χ1) is 15.0. The van der Waals surface area contributed by atoms with Crippen LogP contribution in [0, 0.1) is 5.92 Å². The number of amides is 1. The van der Waals surface area contributed by atoms with E-state index in [1.807, 2.05) is 0 Å². The Morgan fingerprint density at radius 2 is 2.16 bits per heavy atom. The number of carbonyl (C=O) groups excluding carboxylic acids is 1. The monoisotopic (exact) mass is 421 g/mol. The Labute approximate surface area is 181 Å². The van der Waals surface area contributed by atoms with Crippen LogP contribution in [0.2, 0.25) is 0 Å². The number of amidine groups is 1. The molecule has 8 nitrogen and oxygen atoms in total. The molecule has 1 fully saturated rings. The van der Waals surface area contributed by atoms with Crippen molar-refractivity contribution in [3.8, 4) is 5.75 Å². The zero-order valence-corrected chi connectivity index (χ0v) is 17.7. The van der Waals surface area contributed by atoms with Gasteiger partial charge in [0.25, 0.3) is 11.9 Å². The molecule has 0 bridgehead atoms. The fourth-order valence-electron chi connectivity index (χ4n) is 5.09. The smallest absolute Gasteiger partial charge is 0.283 e. The minimum absolute atomic E-state index is 0.00264. The number of carbonyl (C=O) groups is 1. The van der Waals surface area contributed by atoms with Crippen LogP contribution in [0.3, 0.4) is 0 Å². The third kappa shape index (κ3) is 3.40. The van der Waals surface area contributed by atoms with Gasteiger partial charge in [0, 0.05) is 23.7 Å². The first-order valence-electron chi connectivity index (χ1n) is 10.8. The molecule has 0 radical (unpaired) electrons. The van der Waals surface area contributed by atoms with Crippen molar-refractivity contribution in [2.75, 3.05) is 6.61 Å². The zero-order valence-electron chi connectivity index (χ0n) is 17.7. The third-order valence-electron chi connectivity index (χ3n) is 6.71. The van der Waals surface area contributed by atoms with E-state index >= 15 is 0 Å². The summed E-state index contributed by atoms with van der Waals surface area (Å²) >= 11 is 0. The van der Waals surface area contributed by atoms with E-state index in [2.05, 4.69) is 47.3 Å². The largest absolute Gasteiger partial charge is 0.490 e. The molecule has 1 aliphatic carbocycles. The molecule has 1 aromatic heterocycles. The molecule has 5 rings (SSSR count).